The molecule has 152 valence electrons. The third-order valence-corrected chi connectivity index (χ3v) is 7.37. The molecule has 0 atom stereocenters. The van der Waals surface area contributed by atoms with E-state index in [-0.39, 0.29) is 5.56 Å². The summed E-state index contributed by atoms with van der Waals surface area (Å²) in [4.78, 5) is 26.2. The Morgan fingerprint density at radius 1 is 1.07 bits per heavy atom. The molecule has 2 aliphatic heterocycles. The minimum Gasteiger partial charge on any atom is -0.348 e. The minimum atomic E-state index is -0.0112. The van der Waals surface area contributed by atoms with Gasteiger partial charge < -0.3 is 14.4 Å². The predicted molar refractivity (Wildman–Crippen MR) is 119 cm³/mol. The Balaban J connectivity index is 1.32. The summed E-state index contributed by atoms with van der Waals surface area (Å²) in [7, 11) is 1.77. The number of anilines is 1. The number of aromatic nitrogens is 3. The van der Waals surface area contributed by atoms with Gasteiger partial charge in [-0.15, -0.1) is 0 Å². The highest BCUT2D eigenvalue weighted by molar-refractivity contribution is 7.22. The van der Waals surface area contributed by atoms with Crippen LogP contribution in [0.4, 0.5) is 5.13 Å². The summed E-state index contributed by atoms with van der Waals surface area (Å²) in [6.07, 6.45) is 10.3. The van der Waals surface area contributed by atoms with Gasteiger partial charge in [0.25, 0.3) is 0 Å². The summed E-state index contributed by atoms with van der Waals surface area (Å²) in [5.74, 6) is 0. The summed E-state index contributed by atoms with van der Waals surface area (Å²) in [6.45, 7) is 4.74. The largest absolute Gasteiger partial charge is 0.348 e. The molecule has 6 nitrogen and oxygen atoms in total. The third kappa shape index (κ3) is 3.81. The lowest BCUT2D eigenvalue weighted by molar-refractivity contribution is 0.141. The Labute approximate surface area is 174 Å². The van der Waals surface area contributed by atoms with Crippen LogP contribution in [0.3, 0.4) is 0 Å². The average Bonchev–Trinajstić information content (AvgIpc) is 3.20. The van der Waals surface area contributed by atoms with Gasteiger partial charge in [0.1, 0.15) is 5.52 Å². The zero-order valence-corrected chi connectivity index (χ0v) is 17.7. The maximum absolute atomic E-state index is 11.6. The van der Waals surface area contributed by atoms with Gasteiger partial charge in [-0.3, -0.25) is 9.78 Å². The summed E-state index contributed by atoms with van der Waals surface area (Å²) in [5.41, 5.74) is 2.78. The highest BCUT2D eigenvalue weighted by Gasteiger charge is 2.26. The molecular formula is C22H27N5OS. The van der Waals surface area contributed by atoms with E-state index in [1.165, 1.54) is 45.2 Å². The summed E-state index contributed by atoms with van der Waals surface area (Å²) in [5, 5.41) is 1.11. The van der Waals surface area contributed by atoms with Crippen molar-refractivity contribution in [2.45, 2.75) is 38.1 Å². The first kappa shape index (κ1) is 18.8. The molecule has 0 saturated carbocycles. The van der Waals surface area contributed by atoms with Gasteiger partial charge in [-0.25, -0.2) is 4.98 Å². The van der Waals surface area contributed by atoms with Crippen LogP contribution in [-0.4, -0.2) is 51.7 Å². The van der Waals surface area contributed by atoms with E-state index in [1.807, 2.05) is 18.5 Å². The van der Waals surface area contributed by atoms with Crippen LogP contribution in [0, 0.1) is 0 Å². The zero-order chi connectivity index (χ0) is 19.8. The number of piperidine rings is 2. The number of thiazole rings is 1. The van der Waals surface area contributed by atoms with Gasteiger partial charge in [0.05, 0.1) is 16.6 Å². The van der Waals surface area contributed by atoms with Crippen LogP contribution in [0.1, 0.15) is 32.1 Å². The van der Waals surface area contributed by atoms with Gasteiger partial charge in [0, 0.05) is 44.0 Å². The molecule has 0 N–H and O–H groups in total. The van der Waals surface area contributed by atoms with Crippen molar-refractivity contribution in [3.63, 3.8) is 0 Å². The highest BCUT2D eigenvalue weighted by Crippen LogP contribution is 2.33. The quantitative estimate of drug-likeness (QED) is 0.663. The predicted octanol–water partition coefficient (Wildman–Crippen LogP) is 3.51. The molecule has 29 heavy (non-hydrogen) atoms. The van der Waals surface area contributed by atoms with Crippen molar-refractivity contribution in [1.29, 1.82) is 0 Å². The van der Waals surface area contributed by atoms with Crippen LogP contribution < -0.4 is 10.5 Å². The first-order valence-electron chi connectivity index (χ1n) is 10.6. The maximum atomic E-state index is 11.6. The van der Waals surface area contributed by atoms with Crippen LogP contribution in [-0.2, 0) is 7.05 Å². The molecule has 0 amide bonds. The molecule has 7 heteroatoms. The lowest BCUT2D eigenvalue weighted by Gasteiger charge is -2.40. The average molecular weight is 410 g/mol. The van der Waals surface area contributed by atoms with Crippen molar-refractivity contribution in [3.8, 4) is 11.3 Å². The molecule has 2 fully saturated rings. The number of fused-ring (bicyclic) bond motifs is 1. The standard InChI is InChI=1S/C22H27N5OS/c1-25-15-16(5-6-21(25)28)18-13-20-19(14-23-18)24-22(29-20)27-11-7-17(8-12-27)26-9-3-2-4-10-26/h5-6,13-15,17H,2-4,7-12H2,1H3. The fourth-order valence-corrected chi connectivity index (χ4v) is 5.59. The van der Waals surface area contributed by atoms with Crippen molar-refractivity contribution in [3.05, 3.63) is 40.9 Å². The Kier molecular flexibility index (Phi) is 5.09. The number of pyridine rings is 2. The number of rotatable bonds is 3. The Hall–Kier alpha value is -2.25. The van der Waals surface area contributed by atoms with Crippen molar-refractivity contribution < 1.29 is 0 Å². The summed E-state index contributed by atoms with van der Waals surface area (Å²) < 4.78 is 2.74. The van der Waals surface area contributed by atoms with Gasteiger partial charge >= 0.3 is 0 Å². The van der Waals surface area contributed by atoms with E-state index in [9.17, 15) is 4.79 Å². The van der Waals surface area contributed by atoms with Crippen LogP contribution >= 0.6 is 11.3 Å². The Morgan fingerprint density at radius 2 is 1.86 bits per heavy atom. The van der Waals surface area contributed by atoms with Gasteiger partial charge in [0.15, 0.2) is 5.13 Å². The second kappa shape index (κ2) is 7.88. The number of nitrogens with zero attached hydrogens (tertiary/aromatic N) is 5. The number of likely N-dealkylation sites (tertiary alicyclic amines) is 1. The van der Waals surface area contributed by atoms with E-state index in [4.69, 9.17) is 4.98 Å². The molecule has 2 aliphatic rings. The fraction of sp³-hybridized carbons (Fsp3) is 0.500. The molecule has 0 spiro atoms. The van der Waals surface area contributed by atoms with Crippen LogP contribution in [0.25, 0.3) is 21.5 Å². The zero-order valence-electron chi connectivity index (χ0n) is 16.9. The number of aryl methyl sites for hydroxylation is 1. The number of hydrogen-bond donors (Lipinski definition) is 0. The van der Waals surface area contributed by atoms with Crippen molar-refractivity contribution >= 4 is 26.7 Å². The number of hydrogen-bond acceptors (Lipinski definition) is 6. The Morgan fingerprint density at radius 3 is 2.62 bits per heavy atom. The third-order valence-electron chi connectivity index (χ3n) is 6.29. The highest BCUT2D eigenvalue weighted by atomic mass is 32.1. The van der Waals surface area contributed by atoms with Gasteiger partial charge in [-0.2, -0.15) is 0 Å². The molecule has 0 aliphatic carbocycles. The summed E-state index contributed by atoms with van der Waals surface area (Å²) >= 11 is 1.75. The molecule has 2 saturated heterocycles. The van der Waals surface area contributed by atoms with Crippen LogP contribution in [0.5, 0.6) is 0 Å². The molecule has 0 bridgehead atoms. The van der Waals surface area contributed by atoms with Crippen molar-refractivity contribution in [1.82, 2.24) is 19.4 Å². The SMILES string of the molecule is Cn1cc(-c2cc3sc(N4CCC(N5CCCCC5)CC4)nc3cn2)ccc1=O. The van der Waals surface area contributed by atoms with Crippen LogP contribution in [0.15, 0.2) is 35.4 Å². The van der Waals surface area contributed by atoms with Gasteiger partial charge in [-0.05, 0) is 50.9 Å². The molecule has 0 unspecified atom stereocenters. The van der Waals surface area contributed by atoms with E-state index in [1.54, 1.807) is 29.0 Å². The topological polar surface area (TPSA) is 54.3 Å². The second-order valence-electron chi connectivity index (χ2n) is 8.22. The van der Waals surface area contributed by atoms with E-state index < -0.39 is 0 Å². The molecule has 5 rings (SSSR count). The smallest absolute Gasteiger partial charge is 0.250 e. The molecule has 3 aromatic heterocycles. The van der Waals surface area contributed by atoms with Gasteiger partial charge in [-0.1, -0.05) is 17.8 Å². The first-order valence-corrected chi connectivity index (χ1v) is 11.4. The Bertz CT molecular complexity index is 1060. The maximum Gasteiger partial charge on any atom is 0.250 e. The molecule has 5 heterocycles. The van der Waals surface area contributed by atoms with Crippen LogP contribution in [0.2, 0.25) is 0 Å². The van der Waals surface area contributed by atoms with Crippen molar-refractivity contribution in [2.75, 3.05) is 31.1 Å². The molecule has 0 radical (unpaired) electrons. The minimum absolute atomic E-state index is 0.0112. The van der Waals surface area contributed by atoms with Crippen molar-refractivity contribution in [2.24, 2.45) is 7.05 Å². The normalized spacial score (nSPS) is 19.1. The molecule has 0 aromatic carbocycles. The van der Waals surface area contributed by atoms with E-state index in [0.29, 0.717) is 0 Å². The van der Waals surface area contributed by atoms with Gasteiger partial charge in [0.2, 0.25) is 5.56 Å². The molecular weight excluding hydrogens is 382 g/mol. The monoisotopic (exact) mass is 409 g/mol. The van der Waals surface area contributed by atoms with E-state index >= 15 is 0 Å². The molecule has 3 aromatic rings. The first-order chi connectivity index (χ1) is 14.2. The lowest BCUT2D eigenvalue weighted by Crippen LogP contribution is -2.46. The second-order valence-corrected chi connectivity index (χ2v) is 9.22. The fourth-order valence-electron chi connectivity index (χ4n) is 4.56. The van der Waals surface area contributed by atoms with E-state index in [2.05, 4.69) is 20.9 Å². The lowest BCUT2D eigenvalue weighted by atomic mass is 10.0. The van der Waals surface area contributed by atoms with E-state index in [0.717, 1.165) is 45.7 Å². The summed E-state index contributed by atoms with van der Waals surface area (Å²) in [6, 6.07) is 6.27.